The zero-order chi connectivity index (χ0) is 17.5. The maximum Gasteiger partial charge on any atom is 0.340 e. The van der Waals surface area contributed by atoms with Gasteiger partial charge >= 0.3 is 5.97 Å². The SMILES string of the molecule is CCOC(=O)C1=C(N)OC2=C(C(=O)CC(C)(C)C2)[C@H]1c1cccs1. The summed E-state index contributed by atoms with van der Waals surface area (Å²) in [6.45, 7) is 6.02. The topological polar surface area (TPSA) is 78.6 Å². The van der Waals surface area contributed by atoms with Crippen LogP contribution in [0.3, 0.4) is 0 Å². The molecule has 1 aliphatic carbocycles. The second-order valence-electron chi connectivity index (χ2n) is 6.83. The summed E-state index contributed by atoms with van der Waals surface area (Å²) >= 11 is 1.49. The Bertz CT molecular complexity index is 743. The molecular weight excluding hydrogens is 326 g/mol. The van der Waals surface area contributed by atoms with Crippen LogP contribution >= 0.6 is 11.3 Å². The molecule has 0 bridgehead atoms. The van der Waals surface area contributed by atoms with Crippen molar-refractivity contribution < 1.29 is 19.1 Å². The summed E-state index contributed by atoms with van der Waals surface area (Å²) < 4.78 is 10.9. The summed E-state index contributed by atoms with van der Waals surface area (Å²) in [7, 11) is 0. The average molecular weight is 347 g/mol. The predicted molar refractivity (Wildman–Crippen MR) is 91.0 cm³/mol. The third-order valence-corrected chi connectivity index (χ3v) is 5.22. The first-order valence-electron chi connectivity index (χ1n) is 7.98. The molecule has 3 rings (SSSR count). The molecule has 0 fully saturated rings. The molecule has 0 unspecified atom stereocenters. The van der Waals surface area contributed by atoms with Crippen molar-refractivity contribution in [2.75, 3.05) is 6.61 Å². The molecule has 0 spiro atoms. The molecule has 0 radical (unpaired) electrons. The first-order valence-corrected chi connectivity index (χ1v) is 8.86. The molecule has 2 N–H and O–H groups in total. The first kappa shape index (κ1) is 16.8. The van der Waals surface area contributed by atoms with Gasteiger partial charge in [0.05, 0.1) is 12.5 Å². The maximum atomic E-state index is 12.8. The normalized spacial score (nSPS) is 23.0. The summed E-state index contributed by atoms with van der Waals surface area (Å²) in [6, 6.07) is 3.80. The van der Waals surface area contributed by atoms with E-state index in [-0.39, 0.29) is 29.3 Å². The molecule has 2 heterocycles. The summed E-state index contributed by atoms with van der Waals surface area (Å²) in [6.07, 6.45) is 1.04. The van der Waals surface area contributed by atoms with Gasteiger partial charge in [0.15, 0.2) is 5.78 Å². The molecular formula is C18H21NO4S. The number of nitrogens with two attached hydrogens (primary N) is 1. The van der Waals surface area contributed by atoms with Crippen LogP contribution in [0.1, 0.15) is 44.4 Å². The molecule has 5 nitrogen and oxygen atoms in total. The molecule has 0 saturated carbocycles. The zero-order valence-electron chi connectivity index (χ0n) is 14.0. The monoisotopic (exact) mass is 347 g/mol. The highest BCUT2D eigenvalue weighted by atomic mass is 32.1. The quantitative estimate of drug-likeness (QED) is 0.849. The molecule has 1 aromatic rings. The lowest BCUT2D eigenvalue weighted by Crippen LogP contribution is -2.35. The standard InChI is InChI=1S/C18H21NO4S/c1-4-22-17(21)15-14(12-6-5-7-24-12)13-10(20)8-18(2,3)9-11(13)23-16(15)19/h5-7,14H,4,8-9,19H2,1-3H3/t14-/m1/s1. The van der Waals surface area contributed by atoms with Gasteiger partial charge in [-0.3, -0.25) is 4.79 Å². The van der Waals surface area contributed by atoms with Gasteiger partial charge in [-0.25, -0.2) is 4.79 Å². The fourth-order valence-electron chi connectivity index (χ4n) is 3.33. The number of Topliss-reactive ketones (excluding diaryl/α,β-unsaturated/α-hetero) is 1. The number of allylic oxidation sites excluding steroid dienone is 2. The van der Waals surface area contributed by atoms with E-state index in [4.69, 9.17) is 15.2 Å². The Balaban J connectivity index is 2.14. The minimum atomic E-state index is -0.530. The van der Waals surface area contributed by atoms with E-state index in [0.717, 1.165) is 4.88 Å². The van der Waals surface area contributed by atoms with Gasteiger partial charge in [-0.1, -0.05) is 19.9 Å². The Morgan fingerprint density at radius 1 is 1.46 bits per heavy atom. The number of esters is 1. The summed E-state index contributed by atoms with van der Waals surface area (Å²) in [5.41, 5.74) is 6.66. The van der Waals surface area contributed by atoms with Crippen LogP contribution in [0.4, 0.5) is 0 Å². The smallest absolute Gasteiger partial charge is 0.340 e. The number of ether oxygens (including phenoxy) is 2. The number of thiophene rings is 1. The third kappa shape index (κ3) is 2.86. The van der Waals surface area contributed by atoms with Crippen molar-refractivity contribution >= 4 is 23.1 Å². The fraction of sp³-hybridized carbons (Fsp3) is 0.444. The van der Waals surface area contributed by atoms with E-state index in [1.807, 2.05) is 31.4 Å². The van der Waals surface area contributed by atoms with Crippen molar-refractivity contribution in [3.8, 4) is 0 Å². The minimum absolute atomic E-state index is 0.00829. The van der Waals surface area contributed by atoms with Gasteiger partial charge in [0.2, 0.25) is 5.88 Å². The van der Waals surface area contributed by atoms with Crippen molar-refractivity contribution in [1.29, 1.82) is 0 Å². The fourth-order valence-corrected chi connectivity index (χ4v) is 4.18. The van der Waals surface area contributed by atoms with E-state index in [2.05, 4.69) is 0 Å². The lowest BCUT2D eigenvalue weighted by atomic mass is 9.71. The summed E-state index contributed by atoms with van der Waals surface area (Å²) in [4.78, 5) is 26.2. The Morgan fingerprint density at radius 3 is 2.83 bits per heavy atom. The lowest BCUT2D eigenvalue weighted by molar-refractivity contribution is -0.139. The van der Waals surface area contributed by atoms with Crippen LogP contribution in [0.5, 0.6) is 0 Å². The number of carbonyl (C=O) groups is 2. The van der Waals surface area contributed by atoms with E-state index in [9.17, 15) is 9.59 Å². The van der Waals surface area contributed by atoms with E-state index in [0.29, 0.717) is 24.2 Å². The van der Waals surface area contributed by atoms with Gasteiger partial charge in [0, 0.05) is 23.3 Å². The molecule has 1 aromatic heterocycles. The second-order valence-corrected chi connectivity index (χ2v) is 7.81. The first-order chi connectivity index (χ1) is 11.3. The molecule has 1 atom stereocenters. The number of ketones is 1. The molecule has 1 aliphatic heterocycles. The summed E-state index contributed by atoms with van der Waals surface area (Å²) in [5, 5.41) is 1.92. The van der Waals surface area contributed by atoms with Gasteiger partial charge in [-0.15, -0.1) is 11.3 Å². The van der Waals surface area contributed by atoms with Crippen molar-refractivity contribution in [3.63, 3.8) is 0 Å². The molecule has 24 heavy (non-hydrogen) atoms. The van der Waals surface area contributed by atoms with Crippen molar-refractivity contribution in [1.82, 2.24) is 0 Å². The number of hydrogen-bond acceptors (Lipinski definition) is 6. The molecule has 0 saturated heterocycles. The van der Waals surface area contributed by atoms with E-state index in [1.54, 1.807) is 6.92 Å². The van der Waals surface area contributed by atoms with E-state index < -0.39 is 11.9 Å². The van der Waals surface area contributed by atoms with Crippen LogP contribution in [-0.2, 0) is 19.1 Å². The van der Waals surface area contributed by atoms with Crippen molar-refractivity contribution in [3.05, 3.63) is 45.2 Å². The number of rotatable bonds is 3. The Kier molecular flexibility index (Phi) is 4.25. The van der Waals surface area contributed by atoms with Crippen LogP contribution in [0.25, 0.3) is 0 Å². The lowest BCUT2D eigenvalue weighted by Gasteiger charge is -2.37. The van der Waals surface area contributed by atoms with Gasteiger partial charge in [-0.05, 0) is 23.8 Å². The molecule has 0 aromatic carbocycles. The zero-order valence-corrected chi connectivity index (χ0v) is 14.9. The Hall–Kier alpha value is -2.08. The minimum Gasteiger partial charge on any atom is -0.462 e. The molecule has 6 heteroatoms. The van der Waals surface area contributed by atoms with Gasteiger partial charge in [0.1, 0.15) is 11.3 Å². The second kappa shape index (κ2) is 6.09. The third-order valence-electron chi connectivity index (χ3n) is 4.28. The molecule has 2 aliphatic rings. The Labute approximate surface area is 145 Å². The number of hydrogen-bond donors (Lipinski definition) is 1. The Morgan fingerprint density at radius 2 is 2.21 bits per heavy atom. The predicted octanol–water partition coefficient (Wildman–Crippen LogP) is 3.24. The van der Waals surface area contributed by atoms with Crippen LogP contribution in [0.15, 0.2) is 40.3 Å². The highest BCUT2D eigenvalue weighted by Gasteiger charge is 2.45. The summed E-state index contributed by atoms with van der Waals surface area (Å²) in [5.74, 6) is -0.403. The number of carbonyl (C=O) groups excluding carboxylic acids is 2. The highest BCUT2D eigenvalue weighted by Crippen LogP contribution is 2.49. The average Bonchev–Trinajstić information content (AvgIpc) is 2.98. The maximum absolute atomic E-state index is 12.8. The van der Waals surface area contributed by atoms with Gasteiger partial charge < -0.3 is 15.2 Å². The molecule has 128 valence electrons. The van der Waals surface area contributed by atoms with Crippen molar-refractivity contribution in [2.45, 2.75) is 39.5 Å². The van der Waals surface area contributed by atoms with Crippen LogP contribution in [-0.4, -0.2) is 18.4 Å². The van der Waals surface area contributed by atoms with E-state index >= 15 is 0 Å². The highest BCUT2D eigenvalue weighted by molar-refractivity contribution is 7.10. The van der Waals surface area contributed by atoms with Crippen LogP contribution < -0.4 is 5.73 Å². The van der Waals surface area contributed by atoms with Gasteiger partial charge in [-0.2, -0.15) is 0 Å². The van der Waals surface area contributed by atoms with E-state index in [1.165, 1.54) is 11.3 Å². The van der Waals surface area contributed by atoms with Crippen LogP contribution in [0.2, 0.25) is 0 Å². The van der Waals surface area contributed by atoms with Crippen LogP contribution in [0, 0.1) is 5.41 Å². The largest absolute Gasteiger partial charge is 0.462 e. The van der Waals surface area contributed by atoms with Crippen molar-refractivity contribution in [2.24, 2.45) is 11.1 Å². The van der Waals surface area contributed by atoms with Gasteiger partial charge in [0.25, 0.3) is 0 Å². The molecule has 0 amide bonds.